The van der Waals surface area contributed by atoms with Crippen LogP contribution >= 0.6 is 0 Å². The van der Waals surface area contributed by atoms with Gasteiger partial charge in [0.25, 0.3) is 0 Å². The van der Waals surface area contributed by atoms with Crippen LogP contribution in [-0.4, -0.2) is 65.2 Å². The summed E-state index contributed by atoms with van der Waals surface area (Å²) >= 11 is 0. The van der Waals surface area contributed by atoms with E-state index in [4.69, 9.17) is 9.26 Å². The number of carbonyl (C=O) groups is 2. The van der Waals surface area contributed by atoms with E-state index in [1.54, 1.807) is 6.26 Å². The fraction of sp³-hybridized carbons (Fsp3) is 0.737. The molecule has 7 heteroatoms. The largest absolute Gasteiger partial charge is 0.374 e. The van der Waals surface area contributed by atoms with Gasteiger partial charge in [-0.15, -0.1) is 0 Å². The molecule has 4 heterocycles. The lowest BCUT2D eigenvalue weighted by atomic mass is 9.71. The molecule has 2 atom stereocenters. The number of ether oxygens (including phenoxy) is 1. The monoisotopic (exact) mass is 359 g/mol. The van der Waals surface area contributed by atoms with E-state index in [-0.39, 0.29) is 28.2 Å². The van der Waals surface area contributed by atoms with E-state index in [2.05, 4.69) is 5.16 Å². The zero-order chi connectivity index (χ0) is 18.3. The van der Waals surface area contributed by atoms with Crippen LogP contribution in [0.4, 0.5) is 0 Å². The molecule has 5 rings (SSSR count). The molecule has 4 fully saturated rings. The smallest absolute Gasteiger partial charge is 0.232 e. The van der Waals surface area contributed by atoms with Crippen molar-refractivity contribution in [1.82, 2.24) is 15.0 Å². The van der Waals surface area contributed by atoms with Crippen molar-refractivity contribution >= 4 is 11.8 Å². The Labute approximate surface area is 152 Å². The molecule has 0 aromatic carbocycles. The normalized spacial score (nSPS) is 32.8. The second-order valence-electron chi connectivity index (χ2n) is 9.21. The number of fused-ring (bicyclic) bond motifs is 1. The number of aryl methyl sites for hydroxylation is 1. The molecule has 1 aromatic heterocycles. The Balaban J connectivity index is 1.16. The highest BCUT2D eigenvalue weighted by Crippen LogP contribution is 2.67. The molecule has 3 aliphatic heterocycles. The van der Waals surface area contributed by atoms with Gasteiger partial charge < -0.3 is 19.1 Å². The Morgan fingerprint density at radius 1 is 1.23 bits per heavy atom. The Morgan fingerprint density at radius 3 is 2.46 bits per heavy atom. The highest BCUT2D eigenvalue weighted by molar-refractivity contribution is 5.89. The van der Waals surface area contributed by atoms with Gasteiger partial charge in [0.15, 0.2) is 0 Å². The summed E-state index contributed by atoms with van der Waals surface area (Å²) in [5.74, 6) is 0.770. The van der Waals surface area contributed by atoms with Gasteiger partial charge in [0.05, 0.1) is 29.7 Å². The van der Waals surface area contributed by atoms with Crippen LogP contribution in [0.15, 0.2) is 10.8 Å². The summed E-state index contributed by atoms with van der Waals surface area (Å²) in [6.07, 6.45) is 2.85. The van der Waals surface area contributed by atoms with Gasteiger partial charge in [0, 0.05) is 43.1 Å². The minimum atomic E-state index is -0.352. The van der Waals surface area contributed by atoms with Crippen LogP contribution in [0.5, 0.6) is 0 Å². The third-order valence-electron chi connectivity index (χ3n) is 7.14. The van der Waals surface area contributed by atoms with Crippen molar-refractivity contribution in [3.63, 3.8) is 0 Å². The molecule has 7 nitrogen and oxygen atoms in total. The van der Waals surface area contributed by atoms with Gasteiger partial charge in [-0.1, -0.05) is 5.16 Å². The lowest BCUT2D eigenvalue weighted by molar-refractivity contribution is -0.175. The average molecular weight is 359 g/mol. The summed E-state index contributed by atoms with van der Waals surface area (Å²) in [5.41, 5.74) is 1.09. The third-order valence-corrected chi connectivity index (χ3v) is 7.14. The highest BCUT2D eigenvalue weighted by Gasteiger charge is 2.74. The molecule has 4 aliphatic rings. The second-order valence-corrected chi connectivity index (χ2v) is 9.21. The van der Waals surface area contributed by atoms with Crippen LogP contribution < -0.4 is 0 Å². The van der Waals surface area contributed by atoms with Crippen molar-refractivity contribution in [2.45, 2.75) is 39.2 Å². The van der Waals surface area contributed by atoms with Crippen molar-refractivity contribution < 1.29 is 18.8 Å². The van der Waals surface area contributed by atoms with E-state index in [0.29, 0.717) is 18.9 Å². The molecular weight excluding hydrogens is 334 g/mol. The summed E-state index contributed by atoms with van der Waals surface area (Å²) < 4.78 is 10.7. The lowest BCUT2D eigenvalue weighted by Gasteiger charge is -2.60. The molecule has 0 N–H and O–H groups in total. The first kappa shape index (κ1) is 16.3. The molecule has 3 saturated heterocycles. The van der Waals surface area contributed by atoms with E-state index in [0.717, 1.165) is 43.9 Å². The van der Waals surface area contributed by atoms with Gasteiger partial charge in [-0.3, -0.25) is 9.59 Å². The number of nitrogens with zero attached hydrogens (tertiary/aromatic N) is 3. The van der Waals surface area contributed by atoms with Crippen LogP contribution in [0.3, 0.4) is 0 Å². The first-order valence-electron chi connectivity index (χ1n) is 9.37. The van der Waals surface area contributed by atoms with Crippen LogP contribution in [0, 0.1) is 23.7 Å². The van der Waals surface area contributed by atoms with E-state index < -0.39 is 0 Å². The first-order valence-corrected chi connectivity index (χ1v) is 9.37. The Kier molecular flexibility index (Phi) is 3.06. The summed E-state index contributed by atoms with van der Waals surface area (Å²) in [5, 5.41) is 3.82. The lowest BCUT2D eigenvalue weighted by Crippen LogP contribution is -2.74. The summed E-state index contributed by atoms with van der Waals surface area (Å²) in [6.45, 7) is 9.68. The third kappa shape index (κ3) is 2.00. The van der Waals surface area contributed by atoms with Crippen LogP contribution in [0.25, 0.3) is 0 Å². The maximum absolute atomic E-state index is 13.0. The van der Waals surface area contributed by atoms with Crippen molar-refractivity contribution in [3.8, 4) is 0 Å². The Morgan fingerprint density at radius 2 is 1.92 bits per heavy atom. The molecule has 0 bridgehead atoms. The molecule has 1 spiro atoms. The zero-order valence-electron chi connectivity index (χ0n) is 15.6. The number of aromatic nitrogens is 1. The molecule has 26 heavy (non-hydrogen) atoms. The predicted octanol–water partition coefficient (Wildman–Crippen LogP) is 1.01. The molecule has 140 valence electrons. The van der Waals surface area contributed by atoms with Gasteiger partial charge in [-0.05, 0) is 27.2 Å². The topological polar surface area (TPSA) is 75.9 Å². The number of rotatable bonds is 3. The molecule has 0 radical (unpaired) electrons. The maximum atomic E-state index is 13.0. The fourth-order valence-corrected chi connectivity index (χ4v) is 5.31. The molecule has 1 aliphatic carbocycles. The van der Waals surface area contributed by atoms with Crippen LogP contribution in [-0.2, 0) is 20.7 Å². The van der Waals surface area contributed by atoms with Gasteiger partial charge in [-0.25, -0.2) is 0 Å². The maximum Gasteiger partial charge on any atom is 0.232 e. The van der Waals surface area contributed by atoms with Crippen LogP contribution in [0.2, 0.25) is 0 Å². The van der Waals surface area contributed by atoms with E-state index in [9.17, 15) is 9.59 Å². The van der Waals surface area contributed by atoms with Crippen LogP contribution in [0.1, 0.15) is 31.5 Å². The van der Waals surface area contributed by atoms with Gasteiger partial charge >= 0.3 is 0 Å². The van der Waals surface area contributed by atoms with Gasteiger partial charge in [0.1, 0.15) is 6.26 Å². The number of carbonyl (C=O) groups excluding carboxylic acids is 2. The zero-order valence-corrected chi connectivity index (χ0v) is 15.6. The van der Waals surface area contributed by atoms with E-state index in [1.807, 2.05) is 30.6 Å². The highest BCUT2D eigenvalue weighted by atomic mass is 16.5. The molecular formula is C19H25N3O4. The number of amides is 2. The Bertz CT molecular complexity index is 786. The fourth-order valence-electron chi connectivity index (χ4n) is 5.31. The van der Waals surface area contributed by atoms with E-state index in [1.165, 1.54) is 0 Å². The first-order chi connectivity index (χ1) is 12.3. The standard InChI is InChI=1S/C19H25N3O4/c1-12-13(6-26-20-12)4-15(23)21-8-18(9-21)10-22(11-18)16(24)19-5-14(19)7-25-17(19,2)3/h6,14H,4-5,7-11H2,1-3H3. The summed E-state index contributed by atoms with van der Waals surface area (Å²) in [6, 6.07) is 0. The quantitative estimate of drug-likeness (QED) is 0.805. The van der Waals surface area contributed by atoms with Crippen molar-refractivity contribution in [3.05, 3.63) is 17.5 Å². The van der Waals surface area contributed by atoms with Crippen molar-refractivity contribution in [1.29, 1.82) is 0 Å². The molecule has 1 aromatic rings. The number of hydrogen-bond donors (Lipinski definition) is 0. The molecule has 1 saturated carbocycles. The summed E-state index contributed by atoms with van der Waals surface area (Å²) in [4.78, 5) is 29.3. The SMILES string of the molecule is Cc1nocc1CC(=O)N1CC2(C1)CN(C(=O)C13CC1COC3(C)C)C2. The predicted molar refractivity (Wildman–Crippen MR) is 91.1 cm³/mol. The molecule has 2 unspecified atom stereocenters. The van der Waals surface area contributed by atoms with Crippen molar-refractivity contribution in [2.75, 3.05) is 32.8 Å². The van der Waals surface area contributed by atoms with E-state index >= 15 is 0 Å². The number of likely N-dealkylation sites (tertiary alicyclic amines) is 2. The van der Waals surface area contributed by atoms with Gasteiger partial charge in [-0.2, -0.15) is 0 Å². The number of hydrogen-bond acceptors (Lipinski definition) is 5. The minimum Gasteiger partial charge on any atom is -0.374 e. The summed E-state index contributed by atoms with van der Waals surface area (Å²) in [7, 11) is 0. The average Bonchev–Trinajstić information content (AvgIpc) is 3.05. The molecule has 2 amide bonds. The minimum absolute atomic E-state index is 0.109. The Hall–Kier alpha value is -1.89. The van der Waals surface area contributed by atoms with Gasteiger partial charge in [0.2, 0.25) is 11.8 Å². The second kappa shape index (κ2) is 4.88. The van der Waals surface area contributed by atoms with Crippen molar-refractivity contribution in [2.24, 2.45) is 16.7 Å².